The van der Waals surface area contributed by atoms with Crippen molar-refractivity contribution in [2.24, 2.45) is 13.0 Å². The summed E-state index contributed by atoms with van der Waals surface area (Å²) in [6.45, 7) is 2.21. The third kappa shape index (κ3) is 3.61. The average molecular weight is 404 g/mol. The number of pyridine rings is 1. The molecule has 154 valence electrons. The third-order valence-electron chi connectivity index (χ3n) is 5.62. The van der Waals surface area contributed by atoms with E-state index >= 15 is 0 Å². The topological polar surface area (TPSA) is 78.4 Å². The molecule has 5 rings (SSSR count). The lowest BCUT2D eigenvalue weighted by atomic mass is 10.0. The van der Waals surface area contributed by atoms with E-state index in [0.29, 0.717) is 18.2 Å². The first-order valence-electron chi connectivity index (χ1n) is 10.2. The molecule has 4 aromatic rings. The maximum Gasteiger partial charge on any atom is 0.271 e. The van der Waals surface area contributed by atoms with Crippen LogP contribution in [0.1, 0.15) is 23.3 Å². The molecule has 1 saturated heterocycles. The lowest BCUT2D eigenvalue weighted by Crippen LogP contribution is -2.32. The van der Waals surface area contributed by atoms with Gasteiger partial charge in [-0.2, -0.15) is 10.2 Å². The molecule has 1 amide bonds. The van der Waals surface area contributed by atoms with Crippen molar-refractivity contribution in [1.29, 1.82) is 0 Å². The molecule has 8 heteroatoms. The molecule has 0 radical (unpaired) electrons. The van der Waals surface area contributed by atoms with Crippen LogP contribution in [0.4, 0.5) is 0 Å². The van der Waals surface area contributed by atoms with Gasteiger partial charge in [0.05, 0.1) is 6.20 Å². The fraction of sp³-hybridized carbons (Fsp3) is 0.318. The van der Waals surface area contributed by atoms with Crippen molar-refractivity contribution in [1.82, 2.24) is 29.3 Å². The molecule has 0 atom stereocenters. The number of hydrogen-bond donors (Lipinski definition) is 1. The number of aromatic nitrogens is 5. The van der Waals surface area contributed by atoms with Gasteiger partial charge < -0.3 is 14.5 Å². The third-order valence-corrected chi connectivity index (χ3v) is 5.62. The fourth-order valence-electron chi connectivity index (χ4n) is 3.87. The van der Waals surface area contributed by atoms with E-state index in [0.717, 1.165) is 48.5 Å². The highest BCUT2D eigenvalue weighted by molar-refractivity contribution is 5.92. The van der Waals surface area contributed by atoms with Gasteiger partial charge in [-0.05, 0) is 43.0 Å². The Labute approximate surface area is 174 Å². The van der Waals surface area contributed by atoms with Gasteiger partial charge in [-0.15, -0.1) is 0 Å². The zero-order chi connectivity index (χ0) is 20.5. The smallest absolute Gasteiger partial charge is 0.271 e. The van der Waals surface area contributed by atoms with E-state index in [4.69, 9.17) is 4.74 Å². The molecular formula is C22H24N6O2. The van der Waals surface area contributed by atoms with Gasteiger partial charge in [0.2, 0.25) is 0 Å². The summed E-state index contributed by atoms with van der Waals surface area (Å²) in [5, 5.41) is 11.8. The molecule has 1 aliphatic heterocycles. The molecule has 0 unspecified atom stereocenters. The maximum absolute atomic E-state index is 12.5. The molecule has 0 aromatic carbocycles. The molecule has 0 saturated carbocycles. The lowest BCUT2D eigenvalue weighted by molar-refractivity contribution is 0.0642. The summed E-state index contributed by atoms with van der Waals surface area (Å²) in [5.74, 6) is 1.21. The lowest BCUT2D eigenvalue weighted by Gasteiger charge is -2.21. The predicted octanol–water partition coefficient (Wildman–Crippen LogP) is 2.68. The summed E-state index contributed by atoms with van der Waals surface area (Å²) in [4.78, 5) is 12.5. The zero-order valence-electron chi connectivity index (χ0n) is 16.9. The quantitative estimate of drug-likeness (QED) is 0.555. The van der Waals surface area contributed by atoms with Gasteiger partial charge in [-0.25, -0.2) is 4.68 Å². The van der Waals surface area contributed by atoms with Gasteiger partial charge in [0, 0.05) is 62.0 Å². The first-order valence-corrected chi connectivity index (χ1v) is 10.2. The van der Waals surface area contributed by atoms with Crippen LogP contribution in [0.5, 0.6) is 0 Å². The first-order chi connectivity index (χ1) is 14.7. The number of carbonyl (C=O) groups excluding carboxylic acids is 1. The van der Waals surface area contributed by atoms with Crippen LogP contribution < -0.4 is 5.32 Å². The Balaban J connectivity index is 1.36. The van der Waals surface area contributed by atoms with E-state index in [9.17, 15) is 4.79 Å². The van der Waals surface area contributed by atoms with Gasteiger partial charge in [-0.3, -0.25) is 9.48 Å². The Bertz CT molecular complexity index is 1180. The second kappa shape index (κ2) is 7.79. The van der Waals surface area contributed by atoms with E-state index in [-0.39, 0.29) is 5.91 Å². The van der Waals surface area contributed by atoms with E-state index in [2.05, 4.69) is 38.2 Å². The maximum atomic E-state index is 12.5. The van der Waals surface area contributed by atoms with E-state index in [1.54, 1.807) is 15.4 Å². The molecule has 8 nitrogen and oxygen atoms in total. The summed E-state index contributed by atoms with van der Waals surface area (Å²) in [5.41, 5.74) is 3.58. The van der Waals surface area contributed by atoms with Crippen molar-refractivity contribution in [2.45, 2.75) is 12.8 Å². The normalized spacial score (nSPS) is 15.0. The Morgan fingerprint density at radius 1 is 1.13 bits per heavy atom. The summed E-state index contributed by atoms with van der Waals surface area (Å²) in [7, 11) is 1.90. The monoisotopic (exact) mass is 404 g/mol. The van der Waals surface area contributed by atoms with Gasteiger partial charge in [0.25, 0.3) is 5.91 Å². The Hall–Kier alpha value is -3.39. The Morgan fingerprint density at radius 2 is 1.97 bits per heavy atom. The minimum Gasteiger partial charge on any atom is -0.381 e. The molecule has 5 heterocycles. The van der Waals surface area contributed by atoms with Crippen molar-refractivity contribution >= 4 is 11.4 Å². The predicted molar refractivity (Wildman–Crippen MR) is 113 cm³/mol. The summed E-state index contributed by atoms with van der Waals surface area (Å²) in [6, 6.07) is 9.93. The summed E-state index contributed by atoms with van der Waals surface area (Å²) >= 11 is 0. The van der Waals surface area contributed by atoms with Crippen molar-refractivity contribution in [3.8, 4) is 16.9 Å². The highest BCUT2D eigenvalue weighted by Gasteiger charge is 2.17. The van der Waals surface area contributed by atoms with Crippen LogP contribution >= 0.6 is 0 Å². The summed E-state index contributed by atoms with van der Waals surface area (Å²) < 4.78 is 11.0. The Morgan fingerprint density at radius 3 is 2.77 bits per heavy atom. The van der Waals surface area contributed by atoms with Crippen molar-refractivity contribution in [2.75, 3.05) is 19.8 Å². The van der Waals surface area contributed by atoms with E-state index < -0.39 is 0 Å². The largest absolute Gasteiger partial charge is 0.381 e. The van der Waals surface area contributed by atoms with E-state index in [1.165, 1.54) is 0 Å². The average Bonchev–Trinajstić information content (AvgIpc) is 3.51. The molecule has 30 heavy (non-hydrogen) atoms. The van der Waals surface area contributed by atoms with Crippen LogP contribution in [-0.2, 0) is 11.8 Å². The highest BCUT2D eigenvalue weighted by Crippen LogP contribution is 2.22. The van der Waals surface area contributed by atoms with Crippen LogP contribution in [0.2, 0.25) is 0 Å². The standard InChI is InChI=1S/C22H24N6O2/c1-26-14-18(13-24-26)17-2-3-19-4-5-21(27(19)15-17)28-9-6-20(25-28)22(29)23-12-16-7-10-30-11-8-16/h2-6,9,13-16H,7-8,10-12H2,1H3,(H,23,29). The molecule has 4 aromatic heterocycles. The summed E-state index contributed by atoms with van der Waals surface area (Å²) in [6.07, 6.45) is 9.70. The van der Waals surface area contributed by atoms with Gasteiger partial charge in [-0.1, -0.05) is 6.07 Å². The second-order valence-corrected chi connectivity index (χ2v) is 7.72. The number of nitrogens with zero attached hydrogens (tertiary/aromatic N) is 5. The SMILES string of the molecule is Cn1cc(-c2ccc3ccc(-n4ccc(C(=O)NCC5CCOCC5)n4)n3c2)cn1. The number of aryl methyl sites for hydroxylation is 1. The molecule has 1 fully saturated rings. The number of rotatable bonds is 5. The molecule has 0 spiro atoms. The molecule has 0 bridgehead atoms. The van der Waals surface area contributed by atoms with Gasteiger partial charge >= 0.3 is 0 Å². The molecular weight excluding hydrogens is 380 g/mol. The second-order valence-electron chi connectivity index (χ2n) is 7.72. The molecule has 1 aliphatic rings. The Kier molecular flexibility index (Phi) is 4.84. The number of nitrogens with one attached hydrogen (secondary N) is 1. The number of ether oxygens (including phenoxy) is 1. The van der Waals surface area contributed by atoms with Crippen molar-refractivity contribution < 1.29 is 9.53 Å². The van der Waals surface area contributed by atoms with E-state index in [1.807, 2.05) is 37.8 Å². The van der Waals surface area contributed by atoms with Crippen LogP contribution in [0.3, 0.4) is 0 Å². The van der Waals surface area contributed by atoms with Crippen LogP contribution in [0.15, 0.2) is 55.1 Å². The molecule has 0 aliphatic carbocycles. The number of carbonyl (C=O) groups is 1. The van der Waals surface area contributed by atoms with Crippen LogP contribution in [-0.4, -0.2) is 49.6 Å². The fourth-order valence-corrected chi connectivity index (χ4v) is 3.87. The van der Waals surface area contributed by atoms with Crippen molar-refractivity contribution in [3.63, 3.8) is 0 Å². The van der Waals surface area contributed by atoms with Crippen molar-refractivity contribution in [3.05, 3.63) is 60.8 Å². The number of amides is 1. The zero-order valence-corrected chi connectivity index (χ0v) is 16.9. The minimum absolute atomic E-state index is 0.142. The first kappa shape index (κ1) is 18.6. The van der Waals surface area contributed by atoms with Crippen LogP contribution in [0, 0.1) is 5.92 Å². The van der Waals surface area contributed by atoms with Gasteiger partial charge in [0.1, 0.15) is 5.82 Å². The van der Waals surface area contributed by atoms with Crippen LogP contribution in [0.25, 0.3) is 22.5 Å². The van der Waals surface area contributed by atoms with Gasteiger partial charge in [0.15, 0.2) is 5.69 Å². The number of fused-ring (bicyclic) bond motifs is 1. The number of hydrogen-bond acceptors (Lipinski definition) is 4. The molecule has 1 N–H and O–H groups in total. The highest BCUT2D eigenvalue weighted by atomic mass is 16.5. The minimum atomic E-state index is -0.142.